The van der Waals surface area contributed by atoms with Crippen molar-refractivity contribution in [1.82, 2.24) is 10.3 Å². The van der Waals surface area contributed by atoms with Gasteiger partial charge in [0.15, 0.2) is 0 Å². The molecule has 10 heteroatoms. The predicted molar refractivity (Wildman–Crippen MR) is 88.8 cm³/mol. The molecular formula is C16H21N3O7. The summed E-state index contributed by atoms with van der Waals surface area (Å²) in [6.07, 6.45) is 0.609. The fraction of sp³-hybridized carbons (Fsp3) is 0.500. The number of aromatic nitrogens is 1. The number of hydrogen-bond acceptors (Lipinski definition) is 7. The molecule has 1 aromatic rings. The van der Waals surface area contributed by atoms with Crippen LogP contribution in [0.5, 0.6) is 0 Å². The second-order valence-corrected chi connectivity index (χ2v) is 6.71. The fourth-order valence-electron chi connectivity index (χ4n) is 2.25. The van der Waals surface area contributed by atoms with Gasteiger partial charge in [0.25, 0.3) is 5.91 Å². The van der Waals surface area contributed by atoms with Crippen LogP contribution in [0.25, 0.3) is 0 Å². The second-order valence-electron chi connectivity index (χ2n) is 6.71. The quantitative estimate of drug-likeness (QED) is 0.543. The summed E-state index contributed by atoms with van der Waals surface area (Å²) >= 11 is 0. The van der Waals surface area contributed by atoms with Crippen LogP contribution in [-0.4, -0.2) is 52.8 Å². The topological polar surface area (TPSA) is 136 Å². The van der Waals surface area contributed by atoms with Gasteiger partial charge in [-0.2, -0.15) is 0 Å². The zero-order chi connectivity index (χ0) is 19.4. The lowest BCUT2D eigenvalue weighted by molar-refractivity contribution is -0.0400. The zero-order valence-electron chi connectivity index (χ0n) is 14.7. The molecule has 0 saturated carbocycles. The van der Waals surface area contributed by atoms with E-state index < -0.39 is 29.5 Å². The molecule has 2 rings (SSSR count). The van der Waals surface area contributed by atoms with Gasteiger partial charge in [-0.25, -0.2) is 9.59 Å². The third-order valence-corrected chi connectivity index (χ3v) is 3.26. The van der Waals surface area contributed by atoms with Crippen LogP contribution in [0.2, 0.25) is 0 Å². The Kier molecular flexibility index (Phi) is 5.66. The molecule has 0 aliphatic carbocycles. The first kappa shape index (κ1) is 19.4. The highest BCUT2D eigenvalue weighted by atomic mass is 16.7. The second kappa shape index (κ2) is 7.56. The van der Waals surface area contributed by atoms with Crippen LogP contribution in [0.4, 0.5) is 15.3 Å². The van der Waals surface area contributed by atoms with Crippen LogP contribution in [-0.2, 0) is 14.2 Å². The summed E-state index contributed by atoms with van der Waals surface area (Å²) in [6.45, 7) is 5.33. The van der Waals surface area contributed by atoms with E-state index in [0.717, 1.165) is 0 Å². The smallest absolute Gasteiger partial charge is 0.450 e. The van der Waals surface area contributed by atoms with Gasteiger partial charge in [0.2, 0.25) is 5.72 Å². The number of carbonyl (C=O) groups is 3. The molecule has 1 saturated heterocycles. The maximum absolute atomic E-state index is 12.4. The van der Waals surface area contributed by atoms with E-state index in [2.05, 4.69) is 15.6 Å². The van der Waals surface area contributed by atoms with Gasteiger partial charge in [-0.1, -0.05) is 0 Å². The van der Waals surface area contributed by atoms with Crippen LogP contribution >= 0.6 is 0 Å². The van der Waals surface area contributed by atoms with E-state index in [0.29, 0.717) is 0 Å². The van der Waals surface area contributed by atoms with E-state index >= 15 is 0 Å². The molecule has 0 spiro atoms. The van der Waals surface area contributed by atoms with Crippen LogP contribution in [0.3, 0.4) is 0 Å². The van der Waals surface area contributed by atoms with Crippen LogP contribution < -0.4 is 10.6 Å². The zero-order valence-corrected chi connectivity index (χ0v) is 14.7. The third kappa shape index (κ3) is 5.59. The van der Waals surface area contributed by atoms with Crippen molar-refractivity contribution in [3.8, 4) is 0 Å². The highest BCUT2D eigenvalue weighted by molar-refractivity contribution is 5.96. The number of carboxylic acid groups (broad SMARTS) is 1. The van der Waals surface area contributed by atoms with Gasteiger partial charge in [-0.3, -0.25) is 15.1 Å². The molecule has 26 heavy (non-hydrogen) atoms. The summed E-state index contributed by atoms with van der Waals surface area (Å²) in [5.74, 6) is -0.614. The lowest BCUT2D eigenvalue weighted by atomic mass is 10.1. The van der Waals surface area contributed by atoms with Crippen molar-refractivity contribution in [1.29, 1.82) is 0 Å². The number of amides is 2. The van der Waals surface area contributed by atoms with Crippen molar-refractivity contribution in [3.05, 3.63) is 24.0 Å². The van der Waals surface area contributed by atoms with Gasteiger partial charge in [-0.05, 0) is 26.8 Å². The standard InChI is InChI=1S/C16H21N3O7/c1-15(2,3)25-13(21)18-11-6-10(7-17-8-11)12(20)19-16(26-14(22)23)4-5-24-9-16/h6-8H,4-5,9H2,1-3H3,(H,18,21)(H,19,20)(H,22,23)/t16-/m0/s1. The van der Waals surface area contributed by atoms with E-state index in [4.69, 9.17) is 19.3 Å². The Morgan fingerprint density at radius 2 is 2.04 bits per heavy atom. The Morgan fingerprint density at radius 3 is 2.62 bits per heavy atom. The minimum atomic E-state index is -1.52. The van der Waals surface area contributed by atoms with Crippen molar-refractivity contribution in [2.75, 3.05) is 18.5 Å². The molecular weight excluding hydrogens is 346 g/mol. The SMILES string of the molecule is CC(C)(C)OC(=O)Nc1cncc(C(=O)N[C@]2(OC(=O)O)CCOC2)c1. The Labute approximate surface area is 149 Å². The normalized spacial score (nSPS) is 19.5. The number of ether oxygens (including phenoxy) is 3. The molecule has 0 bridgehead atoms. The van der Waals surface area contributed by atoms with Gasteiger partial charge >= 0.3 is 12.2 Å². The largest absolute Gasteiger partial charge is 0.507 e. The third-order valence-electron chi connectivity index (χ3n) is 3.26. The lowest BCUT2D eigenvalue weighted by Gasteiger charge is -2.26. The van der Waals surface area contributed by atoms with E-state index in [1.165, 1.54) is 18.5 Å². The van der Waals surface area contributed by atoms with Gasteiger partial charge in [0.05, 0.1) is 24.1 Å². The Bertz CT molecular complexity index is 693. The van der Waals surface area contributed by atoms with Crippen molar-refractivity contribution in [2.45, 2.75) is 38.5 Å². The summed E-state index contributed by atoms with van der Waals surface area (Å²) in [5, 5.41) is 13.8. The molecule has 10 nitrogen and oxygen atoms in total. The minimum absolute atomic E-state index is 0.0890. The van der Waals surface area contributed by atoms with Crippen LogP contribution in [0.1, 0.15) is 37.6 Å². The Balaban J connectivity index is 2.07. The fourth-order valence-corrected chi connectivity index (χ4v) is 2.25. The van der Waals surface area contributed by atoms with Crippen LogP contribution in [0.15, 0.2) is 18.5 Å². The highest BCUT2D eigenvalue weighted by Crippen LogP contribution is 2.21. The van der Waals surface area contributed by atoms with Gasteiger partial charge < -0.3 is 24.6 Å². The molecule has 1 aliphatic rings. The van der Waals surface area contributed by atoms with E-state index in [9.17, 15) is 14.4 Å². The van der Waals surface area contributed by atoms with Crippen molar-refractivity contribution in [3.63, 3.8) is 0 Å². The molecule has 142 valence electrons. The molecule has 1 fully saturated rings. The predicted octanol–water partition coefficient (Wildman–Crippen LogP) is 1.97. The van der Waals surface area contributed by atoms with E-state index in [1.807, 2.05) is 0 Å². The molecule has 1 atom stereocenters. The molecule has 1 aliphatic heterocycles. The van der Waals surface area contributed by atoms with Crippen molar-refractivity contribution in [2.24, 2.45) is 0 Å². The molecule has 1 aromatic heterocycles. The van der Waals surface area contributed by atoms with Crippen molar-refractivity contribution >= 4 is 23.8 Å². The van der Waals surface area contributed by atoms with Crippen molar-refractivity contribution < 1.29 is 33.7 Å². The molecule has 0 aromatic carbocycles. The summed E-state index contributed by atoms with van der Waals surface area (Å²) in [5.41, 5.74) is -1.76. The molecule has 0 radical (unpaired) electrons. The average Bonchev–Trinajstić information content (AvgIpc) is 2.92. The van der Waals surface area contributed by atoms with Gasteiger partial charge in [0, 0.05) is 12.6 Å². The van der Waals surface area contributed by atoms with Crippen LogP contribution in [0, 0.1) is 0 Å². The molecule has 3 N–H and O–H groups in total. The number of anilines is 1. The Morgan fingerprint density at radius 1 is 1.31 bits per heavy atom. The summed E-state index contributed by atoms with van der Waals surface area (Å²) in [6, 6.07) is 1.39. The highest BCUT2D eigenvalue weighted by Gasteiger charge is 2.41. The molecule has 0 unspecified atom stereocenters. The number of pyridine rings is 1. The van der Waals surface area contributed by atoms with Gasteiger partial charge in [-0.15, -0.1) is 0 Å². The summed E-state index contributed by atoms with van der Waals surface area (Å²) in [7, 11) is 0. The molecule has 2 amide bonds. The maximum Gasteiger partial charge on any atom is 0.507 e. The number of nitrogens with zero attached hydrogens (tertiary/aromatic N) is 1. The first-order valence-electron chi connectivity index (χ1n) is 7.86. The summed E-state index contributed by atoms with van der Waals surface area (Å²) < 4.78 is 15.0. The Hall–Kier alpha value is -2.88. The maximum atomic E-state index is 12.4. The lowest BCUT2D eigenvalue weighted by Crippen LogP contribution is -2.52. The first-order valence-corrected chi connectivity index (χ1v) is 7.86. The number of rotatable bonds is 4. The minimum Gasteiger partial charge on any atom is -0.450 e. The number of carbonyl (C=O) groups excluding carboxylic acids is 2. The van der Waals surface area contributed by atoms with E-state index in [-0.39, 0.29) is 30.9 Å². The monoisotopic (exact) mass is 367 g/mol. The van der Waals surface area contributed by atoms with Gasteiger partial charge in [0.1, 0.15) is 12.2 Å². The molecule has 2 heterocycles. The average molecular weight is 367 g/mol. The number of nitrogens with one attached hydrogen (secondary N) is 2. The first-order chi connectivity index (χ1) is 12.1. The van der Waals surface area contributed by atoms with E-state index in [1.54, 1.807) is 20.8 Å². The number of hydrogen-bond donors (Lipinski definition) is 3. The summed E-state index contributed by atoms with van der Waals surface area (Å²) in [4.78, 5) is 39.0.